The summed E-state index contributed by atoms with van der Waals surface area (Å²) in [7, 11) is 0. The van der Waals surface area contributed by atoms with E-state index in [0.717, 1.165) is 37.3 Å². The molecular weight excluding hydrogens is 277 g/mol. The molecule has 1 unspecified atom stereocenters. The van der Waals surface area contributed by atoms with E-state index in [-0.39, 0.29) is 0 Å². The molecule has 1 aliphatic heterocycles. The Balaban J connectivity index is 1.74. The first kappa shape index (κ1) is 16.3. The van der Waals surface area contributed by atoms with Crippen LogP contribution in [0.2, 0.25) is 0 Å². The maximum atomic E-state index is 12.5. The van der Waals surface area contributed by atoms with E-state index in [0.29, 0.717) is 18.5 Å². The minimum absolute atomic E-state index is 0.588. The lowest BCUT2D eigenvalue weighted by Crippen LogP contribution is -2.30. The van der Waals surface area contributed by atoms with E-state index in [9.17, 15) is 13.2 Å². The van der Waals surface area contributed by atoms with Gasteiger partial charge in [-0.1, -0.05) is 12.1 Å². The molecule has 0 amide bonds. The molecule has 1 N–H and O–H groups in total. The Hall–Kier alpha value is -1.07. The van der Waals surface area contributed by atoms with Crippen molar-refractivity contribution in [1.82, 2.24) is 10.2 Å². The molecule has 1 saturated heterocycles. The molecule has 2 nitrogen and oxygen atoms in total. The average Bonchev–Trinajstić information content (AvgIpc) is 2.87. The number of nitrogens with zero attached hydrogens (tertiary/aromatic N) is 1. The van der Waals surface area contributed by atoms with Crippen LogP contribution in [0.3, 0.4) is 0 Å². The van der Waals surface area contributed by atoms with Gasteiger partial charge in [0.1, 0.15) is 0 Å². The van der Waals surface area contributed by atoms with E-state index in [1.165, 1.54) is 6.42 Å². The Morgan fingerprint density at radius 3 is 2.43 bits per heavy atom. The van der Waals surface area contributed by atoms with Crippen LogP contribution in [0.15, 0.2) is 24.3 Å². The molecule has 1 heterocycles. The van der Waals surface area contributed by atoms with Crippen LogP contribution in [0.5, 0.6) is 0 Å². The Kier molecular flexibility index (Phi) is 5.27. The van der Waals surface area contributed by atoms with Crippen LogP contribution in [-0.4, -0.2) is 30.6 Å². The molecule has 0 saturated carbocycles. The van der Waals surface area contributed by atoms with Gasteiger partial charge in [0.05, 0.1) is 5.56 Å². The van der Waals surface area contributed by atoms with Gasteiger partial charge in [-0.3, -0.25) is 0 Å². The smallest absolute Gasteiger partial charge is 0.312 e. The summed E-state index contributed by atoms with van der Waals surface area (Å²) in [6.45, 7) is 8.21. The first-order chi connectivity index (χ1) is 9.86. The van der Waals surface area contributed by atoms with Crippen LogP contribution in [0.25, 0.3) is 0 Å². The van der Waals surface area contributed by atoms with E-state index in [1.807, 2.05) is 0 Å². The Bertz CT molecular complexity index is 440. The van der Waals surface area contributed by atoms with Crippen molar-refractivity contribution in [3.8, 4) is 0 Å². The molecule has 21 heavy (non-hydrogen) atoms. The standard InChI is InChI=1S/C16H23F3N2/c1-12(2)21-8-7-14(11-21)10-20-9-13-3-5-15(6-4-13)16(17,18)19/h3-6,12,14,20H,7-11H2,1-2H3. The summed E-state index contributed by atoms with van der Waals surface area (Å²) in [5.74, 6) is 0.641. The van der Waals surface area contributed by atoms with Crippen molar-refractivity contribution in [3.05, 3.63) is 35.4 Å². The molecule has 1 atom stereocenters. The van der Waals surface area contributed by atoms with Gasteiger partial charge in [-0.05, 0) is 57.0 Å². The Morgan fingerprint density at radius 2 is 1.90 bits per heavy atom. The average molecular weight is 300 g/mol. The summed E-state index contributed by atoms with van der Waals surface area (Å²) in [6, 6.07) is 5.97. The molecular formula is C16H23F3N2. The van der Waals surface area contributed by atoms with E-state index < -0.39 is 11.7 Å². The van der Waals surface area contributed by atoms with Crippen LogP contribution < -0.4 is 5.32 Å². The maximum absolute atomic E-state index is 12.5. The van der Waals surface area contributed by atoms with Gasteiger partial charge >= 0.3 is 6.18 Å². The third-order valence-corrected chi connectivity index (χ3v) is 4.09. The molecule has 1 aromatic rings. The molecule has 0 radical (unpaired) electrons. The van der Waals surface area contributed by atoms with Gasteiger partial charge in [0.25, 0.3) is 0 Å². The van der Waals surface area contributed by atoms with Crippen LogP contribution in [0, 0.1) is 5.92 Å². The first-order valence-corrected chi connectivity index (χ1v) is 7.47. The van der Waals surface area contributed by atoms with Crippen LogP contribution in [0.4, 0.5) is 13.2 Å². The second-order valence-corrected chi connectivity index (χ2v) is 6.07. The molecule has 1 fully saturated rings. The van der Waals surface area contributed by atoms with Crippen LogP contribution in [0.1, 0.15) is 31.4 Å². The summed E-state index contributed by atoms with van der Waals surface area (Å²) in [5, 5.41) is 3.35. The highest BCUT2D eigenvalue weighted by Gasteiger charge is 2.29. The summed E-state index contributed by atoms with van der Waals surface area (Å²) < 4.78 is 37.4. The Morgan fingerprint density at radius 1 is 1.24 bits per heavy atom. The summed E-state index contributed by atoms with van der Waals surface area (Å²) in [6.07, 6.45) is -3.06. The molecule has 0 bridgehead atoms. The predicted octanol–water partition coefficient (Wildman–Crippen LogP) is 3.53. The first-order valence-electron chi connectivity index (χ1n) is 7.47. The second kappa shape index (κ2) is 6.79. The number of likely N-dealkylation sites (tertiary alicyclic amines) is 1. The van der Waals surface area contributed by atoms with Gasteiger partial charge in [0.15, 0.2) is 0 Å². The minimum Gasteiger partial charge on any atom is -0.312 e. The van der Waals surface area contributed by atoms with Crippen molar-refractivity contribution in [3.63, 3.8) is 0 Å². The molecule has 0 spiro atoms. The molecule has 5 heteroatoms. The minimum atomic E-state index is -4.25. The number of benzene rings is 1. The van der Waals surface area contributed by atoms with Gasteiger partial charge in [0, 0.05) is 19.1 Å². The number of alkyl halides is 3. The molecule has 0 aliphatic carbocycles. The zero-order valence-corrected chi connectivity index (χ0v) is 12.6. The second-order valence-electron chi connectivity index (χ2n) is 6.07. The van der Waals surface area contributed by atoms with Crippen LogP contribution >= 0.6 is 0 Å². The maximum Gasteiger partial charge on any atom is 0.416 e. The highest BCUT2D eigenvalue weighted by Crippen LogP contribution is 2.29. The number of hydrogen-bond donors (Lipinski definition) is 1. The van der Waals surface area contributed by atoms with Crippen molar-refractivity contribution in [2.24, 2.45) is 5.92 Å². The normalized spacial score (nSPS) is 20.4. The fourth-order valence-corrected chi connectivity index (χ4v) is 2.73. The topological polar surface area (TPSA) is 15.3 Å². The molecule has 1 aromatic carbocycles. The fourth-order valence-electron chi connectivity index (χ4n) is 2.73. The number of halogens is 3. The van der Waals surface area contributed by atoms with E-state index in [1.54, 1.807) is 12.1 Å². The quantitative estimate of drug-likeness (QED) is 0.895. The molecule has 2 rings (SSSR count). The molecule has 0 aromatic heterocycles. The number of nitrogens with one attached hydrogen (secondary N) is 1. The van der Waals surface area contributed by atoms with Gasteiger partial charge in [-0.15, -0.1) is 0 Å². The monoisotopic (exact) mass is 300 g/mol. The van der Waals surface area contributed by atoms with E-state index in [2.05, 4.69) is 24.1 Å². The third kappa shape index (κ3) is 4.71. The lowest BCUT2D eigenvalue weighted by atomic mass is 10.1. The van der Waals surface area contributed by atoms with E-state index >= 15 is 0 Å². The zero-order valence-electron chi connectivity index (χ0n) is 12.6. The zero-order chi connectivity index (χ0) is 15.5. The fraction of sp³-hybridized carbons (Fsp3) is 0.625. The van der Waals surface area contributed by atoms with E-state index in [4.69, 9.17) is 0 Å². The summed E-state index contributed by atoms with van der Waals surface area (Å²) >= 11 is 0. The lowest BCUT2D eigenvalue weighted by Gasteiger charge is -2.20. The predicted molar refractivity (Wildman–Crippen MR) is 78.0 cm³/mol. The highest BCUT2D eigenvalue weighted by molar-refractivity contribution is 5.24. The third-order valence-electron chi connectivity index (χ3n) is 4.09. The van der Waals surface area contributed by atoms with Gasteiger partial charge in [-0.25, -0.2) is 0 Å². The number of rotatable bonds is 5. The molecule has 118 valence electrons. The lowest BCUT2D eigenvalue weighted by molar-refractivity contribution is -0.137. The van der Waals surface area contributed by atoms with Crippen molar-refractivity contribution in [1.29, 1.82) is 0 Å². The molecule has 1 aliphatic rings. The van der Waals surface area contributed by atoms with Crippen LogP contribution in [-0.2, 0) is 12.7 Å². The summed E-state index contributed by atoms with van der Waals surface area (Å²) in [4.78, 5) is 2.46. The van der Waals surface area contributed by atoms with Crippen molar-refractivity contribution in [2.45, 2.75) is 39.0 Å². The van der Waals surface area contributed by atoms with Crippen molar-refractivity contribution in [2.75, 3.05) is 19.6 Å². The SMILES string of the molecule is CC(C)N1CCC(CNCc2ccc(C(F)(F)F)cc2)C1. The largest absolute Gasteiger partial charge is 0.416 e. The van der Waals surface area contributed by atoms with Crippen molar-refractivity contribution >= 4 is 0 Å². The number of hydrogen-bond acceptors (Lipinski definition) is 2. The van der Waals surface area contributed by atoms with Gasteiger partial charge in [-0.2, -0.15) is 13.2 Å². The van der Waals surface area contributed by atoms with Gasteiger partial charge in [0.2, 0.25) is 0 Å². The summed E-state index contributed by atoms with van der Waals surface area (Å²) in [5.41, 5.74) is 0.302. The van der Waals surface area contributed by atoms with Gasteiger partial charge < -0.3 is 10.2 Å². The highest BCUT2D eigenvalue weighted by atomic mass is 19.4. The Labute approximate surface area is 124 Å². The van der Waals surface area contributed by atoms with Crippen molar-refractivity contribution < 1.29 is 13.2 Å².